The molecule has 0 bridgehead atoms. The second-order valence-corrected chi connectivity index (χ2v) is 3.30. The van der Waals surface area contributed by atoms with E-state index < -0.39 is 0 Å². The molecule has 0 aliphatic rings. The molecule has 0 unspecified atom stereocenters. The van der Waals surface area contributed by atoms with Crippen LogP contribution in [0.25, 0.3) is 0 Å². The number of aromatic nitrogens is 2. The fourth-order valence-electron chi connectivity index (χ4n) is 1.24. The zero-order chi connectivity index (χ0) is 10.4. The van der Waals surface area contributed by atoms with E-state index in [0.717, 1.165) is 30.8 Å². The first-order valence-electron chi connectivity index (χ1n) is 5.07. The standard InChI is InChI=1S/C10H19N3O/c1-3-9-7-10(13(2)12-9)8-14-6-4-5-11/h7H,3-6,8,11H2,1-2H3. The molecule has 4 heteroatoms. The van der Waals surface area contributed by atoms with Crippen molar-refractivity contribution in [2.45, 2.75) is 26.4 Å². The fourth-order valence-corrected chi connectivity index (χ4v) is 1.24. The van der Waals surface area contributed by atoms with Crippen LogP contribution in [0.5, 0.6) is 0 Å². The Kier molecular flexibility index (Phi) is 4.62. The van der Waals surface area contributed by atoms with Crippen LogP contribution in [0.15, 0.2) is 6.07 Å². The summed E-state index contributed by atoms with van der Waals surface area (Å²) in [4.78, 5) is 0. The van der Waals surface area contributed by atoms with E-state index in [9.17, 15) is 0 Å². The van der Waals surface area contributed by atoms with E-state index in [4.69, 9.17) is 10.5 Å². The molecule has 1 aromatic rings. The van der Waals surface area contributed by atoms with Crippen molar-refractivity contribution in [2.75, 3.05) is 13.2 Å². The Bertz CT molecular complexity index is 270. The Morgan fingerprint density at radius 1 is 1.57 bits per heavy atom. The zero-order valence-corrected chi connectivity index (χ0v) is 8.99. The third-order valence-electron chi connectivity index (χ3n) is 2.13. The molecule has 0 saturated carbocycles. The Morgan fingerprint density at radius 2 is 2.36 bits per heavy atom. The summed E-state index contributed by atoms with van der Waals surface area (Å²) < 4.78 is 7.33. The summed E-state index contributed by atoms with van der Waals surface area (Å²) in [5, 5.41) is 4.34. The number of aryl methyl sites for hydroxylation is 2. The van der Waals surface area contributed by atoms with Crippen LogP contribution in [0.4, 0.5) is 0 Å². The Labute approximate surface area is 85.0 Å². The molecule has 0 radical (unpaired) electrons. The van der Waals surface area contributed by atoms with E-state index in [-0.39, 0.29) is 0 Å². The monoisotopic (exact) mass is 197 g/mol. The zero-order valence-electron chi connectivity index (χ0n) is 8.99. The van der Waals surface area contributed by atoms with Gasteiger partial charge in [0.2, 0.25) is 0 Å². The van der Waals surface area contributed by atoms with E-state index in [2.05, 4.69) is 18.1 Å². The molecule has 0 fully saturated rings. The maximum Gasteiger partial charge on any atom is 0.0884 e. The van der Waals surface area contributed by atoms with Crippen molar-refractivity contribution in [3.8, 4) is 0 Å². The third kappa shape index (κ3) is 3.12. The van der Waals surface area contributed by atoms with E-state index in [1.54, 1.807) is 0 Å². The van der Waals surface area contributed by atoms with Crippen LogP contribution in [0.2, 0.25) is 0 Å². The lowest BCUT2D eigenvalue weighted by atomic mass is 10.3. The van der Waals surface area contributed by atoms with Gasteiger partial charge in [-0.25, -0.2) is 0 Å². The van der Waals surface area contributed by atoms with Crippen molar-refractivity contribution in [1.82, 2.24) is 9.78 Å². The highest BCUT2D eigenvalue weighted by Gasteiger charge is 2.02. The van der Waals surface area contributed by atoms with Gasteiger partial charge >= 0.3 is 0 Å². The molecular formula is C10H19N3O. The first kappa shape index (κ1) is 11.2. The van der Waals surface area contributed by atoms with E-state index in [1.807, 2.05) is 11.7 Å². The maximum absolute atomic E-state index is 5.46. The number of hydrogen-bond donors (Lipinski definition) is 1. The molecular weight excluding hydrogens is 178 g/mol. The SMILES string of the molecule is CCc1cc(COCCCN)n(C)n1. The first-order valence-corrected chi connectivity index (χ1v) is 5.07. The molecule has 0 aliphatic carbocycles. The highest BCUT2D eigenvalue weighted by Crippen LogP contribution is 2.05. The lowest BCUT2D eigenvalue weighted by molar-refractivity contribution is 0.115. The number of nitrogens with two attached hydrogens (primary N) is 1. The summed E-state index contributed by atoms with van der Waals surface area (Å²) in [6, 6.07) is 2.09. The van der Waals surface area contributed by atoms with Crippen LogP contribution in [0, 0.1) is 0 Å². The Morgan fingerprint density at radius 3 is 2.93 bits per heavy atom. The van der Waals surface area contributed by atoms with Crippen LogP contribution in [-0.4, -0.2) is 22.9 Å². The predicted octanol–water partition coefficient (Wildman–Crippen LogP) is 0.848. The number of rotatable bonds is 6. The van der Waals surface area contributed by atoms with Crippen molar-refractivity contribution >= 4 is 0 Å². The Hall–Kier alpha value is -0.870. The predicted molar refractivity (Wildman–Crippen MR) is 55.9 cm³/mol. The molecule has 1 rings (SSSR count). The quantitative estimate of drug-likeness (QED) is 0.688. The second kappa shape index (κ2) is 5.78. The first-order chi connectivity index (χ1) is 6.77. The van der Waals surface area contributed by atoms with Crippen molar-refractivity contribution in [3.63, 3.8) is 0 Å². The van der Waals surface area contributed by atoms with Gasteiger partial charge in [-0.1, -0.05) is 6.92 Å². The van der Waals surface area contributed by atoms with Gasteiger partial charge in [-0.15, -0.1) is 0 Å². The van der Waals surface area contributed by atoms with Gasteiger partial charge in [0.15, 0.2) is 0 Å². The lowest BCUT2D eigenvalue weighted by Gasteiger charge is -2.02. The molecule has 80 valence electrons. The summed E-state index contributed by atoms with van der Waals surface area (Å²) in [6.07, 6.45) is 1.88. The van der Waals surface area contributed by atoms with Crippen LogP contribution in [0.1, 0.15) is 24.7 Å². The molecule has 0 amide bonds. The third-order valence-corrected chi connectivity index (χ3v) is 2.13. The van der Waals surface area contributed by atoms with Crippen LogP contribution < -0.4 is 5.73 Å². The average molecular weight is 197 g/mol. The van der Waals surface area contributed by atoms with Gasteiger partial charge in [-0.05, 0) is 25.5 Å². The van der Waals surface area contributed by atoms with Crippen molar-refractivity contribution < 1.29 is 4.74 Å². The number of nitrogens with zero attached hydrogens (tertiary/aromatic N) is 2. The summed E-state index contributed by atoms with van der Waals surface area (Å²) in [7, 11) is 1.95. The molecule has 14 heavy (non-hydrogen) atoms. The fraction of sp³-hybridized carbons (Fsp3) is 0.700. The molecule has 4 nitrogen and oxygen atoms in total. The molecule has 0 aliphatic heterocycles. The minimum Gasteiger partial charge on any atom is -0.375 e. The van der Waals surface area contributed by atoms with Gasteiger partial charge in [0, 0.05) is 13.7 Å². The van der Waals surface area contributed by atoms with Crippen molar-refractivity contribution in [1.29, 1.82) is 0 Å². The molecule has 2 N–H and O–H groups in total. The lowest BCUT2D eigenvalue weighted by Crippen LogP contribution is -2.06. The molecule has 0 saturated heterocycles. The van der Waals surface area contributed by atoms with E-state index in [1.165, 1.54) is 0 Å². The maximum atomic E-state index is 5.46. The largest absolute Gasteiger partial charge is 0.375 e. The van der Waals surface area contributed by atoms with E-state index in [0.29, 0.717) is 13.2 Å². The van der Waals surface area contributed by atoms with Crippen LogP contribution >= 0.6 is 0 Å². The average Bonchev–Trinajstić information content (AvgIpc) is 2.54. The second-order valence-electron chi connectivity index (χ2n) is 3.30. The van der Waals surface area contributed by atoms with Crippen molar-refractivity contribution in [2.24, 2.45) is 12.8 Å². The van der Waals surface area contributed by atoms with Gasteiger partial charge < -0.3 is 10.5 Å². The molecule has 0 spiro atoms. The summed E-state index contributed by atoms with van der Waals surface area (Å²) in [5.41, 5.74) is 7.61. The number of ether oxygens (including phenoxy) is 1. The molecule has 1 heterocycles. The highest BCUT2D eigenvalue weighted by molar-refractivity contribution is 5.09. The highest BCUT2D eigenvalue weighted by atomic mass is 16.5. The van der Waals surface area contributed by atoms with Crippen LogP contribution in [0.3, 0.4) is 0 Å². The van der Waals surface area contributed by atoms with Crippen LogP contribution in [-0.2, 0) is 24.8 Å². The molecule has 0 aromatic carbocycles. The summed E-state index contributed by atoms with van der Waals surface area (Å²) in [5.74, 6) is 0. The molecule has 1 aromatic heterocycles. The minimum absolute atomic E-state index is 0.628. The van der Waals surface area contributed by atoms with Gasteiger partial charge in [0.1, 0.15) is 0 Å². The van der Waals surface area contributed by atoms with Gasteiger partial charge in [0.25, 0.3) is 0 Å². The van der Waals surface area contributed by atoms with E-state index >= 15 is 0 Å². The Balaban J connectivity index is 2.38. The van der Waals surface area contributed by atoms with Gasteiger partial charge in [0.05, 0.1) is 18.0 Å². The van der Waals surface area contributed by atoms with Gasteiger partial charge in [-0.3, -0.25) is 4.68 Å². The number of hydrogen-bond acceptors (Lipinski definition) is 3. The van der Waals surface area contributed by atoms with Gasteiger partial charge in [-0.2, -0.15) is 5.10 Å². The van der Waals surface area contributed by atoms with Crippen molar-refractivity contribution in [3.05, 3.63) is 17.5 Å². The minimum atomic E-state index is 0.628. The normalized spacial score (nSPS) is 10.8. The summed E-state index contributed by atoms with van der Waals surface area (Å²) >= 11 is 0. The molecule has 0 atom stereocenters. The smallest absolute Gasteiger partial charge is 0.0884 e. The summed E-state index contributed by atoms with van der Waals surface area (Å²) in [6.45, 7) is 4.14. The topological polar surface area (TPSA) is 53.1 Å².